The van der Waals surface area contributed by atoms with Crippen molar-refractivity contribution in [1.29, 1.82) is 0 Å². The molecule has 2 aromatic rings. The van der Waals surface area contributed by atoms with Crippen molar-refractivity contribution in [2.75, 3.05) is 26.3 Å². The zero-order valence-corrected chi connectivity index (χ0v) is 21.3. The van der Waals surface area contributed by atoms with Gasteiger partial charge in [-0.3, -0.25) is 4.18 Å². The molecule has 0 radical (unpaired) electrons. The van der Waals surface area contributed by atoms with Crippen LogP contribution in [0.1, 0.15) is 31.9 Å². The van der Waals surface area contributed by atoms with E-state index in [0.717, 1.165) is 23.5 Å². The lowest BCUT2D eigenvalue weighted by molar-refractivity contribution is 0.107. The van der Waals surface area contributed by atoms with E-state index in [1.54, 1.807) is 12.1 Å². The summed E-state index contributed by atoms with van der Waals surface area (Å²) in [5.74, 6) is 0.638. The lowest BCUT2D eigenvalue weighted by Crippen LogP contribution is -2.38. The number of hydrogen-bond acceptors (Lipinski definition) is 7. The van der Waals surface area contributed by atoms with Gasteiger partial charge >= 0.3 is 12.2 Å². The second-order valence-electron chi connectivity index (χ2n) is 8.89. The molecule has 0 bridgehead atoms. The fourth-order valence-corrected chi connectivity index (χ4v) is 3.30. The summed E-state index contributed by atoms with van der Waals surface area (Å²) in [5.41, 5.74) is 1.83. The summed E-state index contributed by atoms with van der Waals surface area (Å²) < 4.78 is 21.3. The Morgan fingerprint density at radius 3 is 2.40 bits per heavy atom. The Morgan fingerprint density at radius 2 is 1.74 bits per heavy atom. The van der Waals surface area contributed by atoms with Gasteiger partial charge in [0.05, 0.1) is 6.61 Å². The molecule has 0 spiro atoms. The number of carbonyl (C=O) groups is 2. The molecule has 0 saturated carbocycles. The highest BCUT2D eigenvalue weighted by molar-refractivity contribution is 7.90. The predicted molar refractivity (Wildman–Crippen MR) is 137 cm³/mol. The molecular weight excluding hydrogens is 468 g/mol. The van der Waals surface area contributed by atoms with Crippen LogP contribution in [0.3, 0.4) is 0 Å². The van der Waals surface area contributed by atoms with E-state index in [4.69, 9.17) is 17.8 Å². The van der Waals surface area contributed by atoms with Gasteiger partial charge in [0.1, 0.15) is 19.0 Å². The Bertz CT molecular complexity index is 916. The van der Waals surface area contributed by atoms with Crippen LogP contribution in [-0.2, 0) is 26.8 Å². The first kappa shape index (κ1) is 28.1. The molecular formula is C26H34N2O6S. The molecule has 0 saturated heterocycles. The van der Waals surface area contributed by atoms with Gasteiger partial charge in [0.25, 0.3) is 0 Å². The minimum atomic E-state index is -0.574. The van der Waals surface area contributed by atoms with Crippen molar-refractivity contribution in [3.63, 3.8) is 0 Å². The number of benzene rings is 2. The average Bonchev–Trinajstić information content (AvgIpc) is 2.84. The number of hydrogen-bond donors (Lipinski definition) is 1. The van der Waals surface area contributed by atoms with Gasteiger partial charge in [0.15, 0.2) is 0 Å². The van der Waals surface area contributed by atoms with Gasteiger partial charge in [0.2, 0.25) is 12.3 Å². The van der Waals surface area contributed by atoms with Crippen molar-refractivity contribution in [3.05, 3.63) is 78.4 Å². The normalized spacial score (nSPS) is 10.8. The van der Waals surface area contributed by atoms with Crippen molar-refractivity contribution >= 4 is 24.5 Å². The predicted octanol–water partition coefficient (Wildman–Crippen LogP) is 5.74. The van der Waals surface area contributed by atoms with Crippen molar-refractivity contribution in [2.45, 2.75) is 33.9 Å². The quantitative estimate of drug-likeness (QED) is 0.212. The van der Waals surface area contributed by atoms with Gasteiger partial charge in [-0.15, -0.1) is 0 Å². The van der Waals surface area contributed by atoms with Crippen LogP contribution < -0.4 is 9.50 Å². The Hall–Kier alpha value is -3.17. The van der Waals surface area contributed by atoms with E-state index in [1.165, 1.54) is 11.0 Å². The lowest BCUT2D eigenvalue weighted by atomic mass is 9.99. The fourth-order valence-electron chi connectivity index (χ4n) is 2.66. The average molecular weight is 503 g/mol. The minimum absolute atomic E-state index is 0.0626. The molecule has 0 heterocycles. The molecule has 9 heteroatoms. The highest BCUT2D eigenvalue weighted by Crippen LogP contribution is 2.21. The molecule has 0 aromatic heterocycles. The maximum atomic E-state index is 12.3. The molecule has 0 atom stereocenters. The van der Waals surface area contributed by atoms with E-state index in [-0.39, 0.29) is 31.7 Å². The molecule has 0 unspecified atom stereocenters. The topological polar surface area (TPSA) is 86.3 Å². The van der Waals surface area contributed by atoms with Gasteiger partial charge in [-0.05, 0) is 28.7 Å². The molecule has 35 heavy (non-hydrogen) atoms. The Labute approximate surface area is 212 Å². The number of alkyl carbamates (subject to hydrolysis) is 1. The number of nitrogens with one attached hydrogen (secondary N) is 1. The summed E-state index contributed by atoms with van der Waals surface area (Å²) in [6.45, 7) is 11.4. The Kier molecular flexibility index (Phi) is 12.0. The number of nitrogens with zero attached hydrogens (tertiary/aromatic N) is 1. The summed E-state index contributed by atoms with van der Waals surface area (Å²) in [5, 5.41) is 2.66. The first-order valence-corrected chi connectivity index (χ1v) is 12.0. The van der Waals surface area contributed by atoms with Gasteiger partial charge in [-0.1, -0.05) is 75.9 Å². The standard InChI is InChI=1S/C26H34N2O6S/c1-5-17-31-25(30)28(18-21-9-7-6-8-10-21)16-15-27-24(29)32-19-22-11-13-23(14-12-22)34-35-33-20-26(2,3)4/h5-14H,1,15-20H2,2-4H3,(H,27,29). The number of ether oxygens (including phenoxy) is 2. The molecule has 2 amide bonds. The second-order valence-corrected chi connectivity index (χ2v) is 9.43. The van der Waals surface area contributed by atoms with Crippen LogP contribution in [0, 0.1) is 5.41 Å². The van der Waals surface area contributed by atoms with E-state index < -0.39 is 12.2 Å². The molecule has 190 valence electrons. The van der Waals surface area contributed by atoms with Crippen molar-refractivity contribution < 1.29 is 27.4 Å². The maximum absolute atomic E-state index is 12.3. The molecule has 0 aliphatic carbocycles. The van der Waals surface area contributed by atoms with Crippen LogP contribution in [-0.4, -0.2) is 43.4 Å². The molecule has 0 aliphatic heterocycles. The van der Waals surface area contributed by atoms with Gasteiger partial charge in [-0.25, -0.2) is 9.59 Å². The zero-order chi connectivity index (χ0) is 25.5. The van der Waals surface area contributed by atoms with Crippen LogP contribution in [0.15, 0.2) is 67.3 Å². The first-order chi connectivity index (χ1) is 16.8. The molecule has 2 aromatic carbocycles. The van der Waals surface area contributed by atoms with Gasteiger partial charge in [0, 0.05) is 19.6 Å². The third-order valence-electron chi connectivity index (χ3n) is 4.41. The van der Waals surface area contributed by atoms with E-state index >= 15 is 0 Å². The zero-order valence-electron chi connectivity index (χ0n) is 20.5. The molecule has 1 N–H and O–H groups in total. The van der Waals surface area contributed by atoms with Crippen LogP contribution in [0.25, 0.3) is 0 Å². The molecule has 0 aliphatic rings. The summed E-state index contributed by atoms with van der Waals surface area (Å²) >= 11 is 0.938. The van der Waals surface area contributed by atoms with Crippen molar-refractivity contribution in [2.24, 2.45) is 5.41 Å². The summed E-state index contributed by atoms with van der Waals surface area (Å²) in [7, 11) is 0. The highest BCUT2D eigenvalue weighted by atomic mass is 32.2. The van der Waals surface area contributed by atoms with Crippen LogP contribution in [0.4, 0.5) is 9.59 Å². The lowest BCUT2D eigenvalue weighted by Gasteiger charge is -2.22. The first-order valence-electron chi connectivity index (χ1n) is 11.3. The largest absolute Gasteiger partial charge is 0.445 e. The third kappa shape index (κ3) is 12.2. The van der Waals surface area contributed by atoms with Gasteiger partial charge in [-0.2, -0.15) is 0 Å². The smallest absolute Gasteiger partial charge is 0.410 e. The van der Waals surface area contributed by atoms with E-state index in [0.29, 0.717) is 18.9 Å². The van der Waals surface area contributed by atoms with Crippen molar-refractivity contribution in [3.8, 4) is 5.75 Å². The maximum Gasteiger partial charge on any atom is 0.410 e. The second kappa shape index (κ2) is 15.0. The summed E-state index contributed by atoms with van der Waals surface area (Å²) in [4.78, 5) is 25.9. The van der Waals surface area contributed by atoms with Crippen LogP contribution >= 0.6 is 12.3 Å². The summed E-state index contributed by atoms with van der Waals surface area (Å²) in [6, 6.07) is 16.7. The van der Waals surface area contributed by atoms with Crippen LogP contribution in [0.5, 0.6) is 5.75 Å². The van der Waals surface area contributed by atoms with E-state index in [2.05, 4.69) is 32.7 Å². The van der Waals surface area contributed by atoms with Crippen molar-refractivity contribution in [1.82, 2.24) is 10.2 Å². The highest BCUT2D eigenvalue weighted by Gasteiger charge is 2.16. The Morgan fingerprint density at radius 1 is 1.03 bits per heavy atom. The Balaban J connectivity index is 1.72. The fraction of sp³-hybridized carbons (Fsp3) is 0.385. The monoisotopic (exact) mass is 502 g/mol. The minimum Gasteiger partial charge on any atom is -0.445 e. The van der Waals surface area contributed by atoms with E-state index in [9.17, 15) is 9.59 Å². The molecule has 8 nitrogen and oxygen atoms in total. The SMILES string of the molecule is C=CCOC(=O)N(CCNC(=O)OCc1ccc(OSOCC(C)(C)C)cc1)Cc1ccccc1. The third-order valence-corrected chi connectivity index (χ3v) is 4.89. The van der Waals surface area contributed by atoms with E-state index in [1.807, 2.05) is 42.5 Å². The molecule has 2 rings (SSSR count). The number of amides is 2. The molecule has 0 fully saturated rings. The summed E-state index contributed by atoms with van der Waals surface area (Å²) in [6.07, 6.45) is 0.454. The van der Waals surface area contributed by atoms with Crippen LogP contribution in [0.2, 0.25) is 0 Å². The number of carbonyl (C=O) groups excluding carboxylic acids is 2. The van der Waals surface area contributed by atoms with Gasteiger partial charge < -0.3 is 23.9 Å². The number of rotatable bonds is 13.